The number of nitrogens with two attached hydrogens (primary N) is 1. The zero-order valence-electron chi connectivity index (χ0n) is 12.9. The second-order valence-corrected chi connectivity index (χ2v) is 4.93. The maximum Gasteiger partial charge on any atom is 0.254 e. The zero-order valence-corrected chi connectivity index (χ0v) is 12.9. The first-order chi connectivity index (χ1) is 9.88. The summed E-state index contributed by atoms with van der Waals surface area (Å²) in [7, 11) is 4.94. The highest BCUT2D eigenvalue weighted by molar-refractivity contribution is 5.98. The van der Waals surface area contributed by atoms with Crippen LogP contribution in [0.2, 0.25) is 0 Å². The molecule has 2 N–H and O–H groups in total. The van der Waals surface area contributed by atoms with Crippen molar-refractivity contribution >= 4 is 11.8 Å². The average Bonchev–Trinajstić information content (AvgIpc) is 2.45. The third-order valence-electron chi connectivity index (χ3n) is 3.11. The van der Waals surface area contributed by atoms with Crippen molar-refractivity contribution in [3.05, 3.63) is 34.9 Å². The summed E-state index contributed by atoms with van der Waals surface area (Å²) < 4.78 is 0. The van der Waals surface area contributed by atoms with Gasteiger partial charge in [0, 0.05) is 32.3 Å². The van der Waals surface area contributed by atoms with Crippen molar-refractivity contribution in [3.8, 4) is 11.8 Å². The minimum atomic E-state index is -0.195. The molecule has 0 saturated carbocycles. The van der Waals surface area contributed by atoms with Crippen LogP contribution in [0.25, 0.3) is 0 Å². The van der Waals surface area contributed by atoms with E-state index >= 15 is 0 Å². The summed E-state index contributed by atoms with van der Waals surface area (Å²) in [5.74, 6) is 5.41. The lowest BCUT2D eigenvalue weighted by atomic mass is 10.0. The van der Waals surface area contributed by atoms with Crippen LogP contribution in [-0.4, -0.2) is 55.8 Å². The predicted octanol–water partition coefficient (Wildman–Crippen LogP) is 0.465. The Morgan fingerprint density at radius 3 is 2.48 bits per heavy atom. The van der Waals surface area contributed by atoms with Crippen LogP contribution in [0.3, 0.4) is 0 Å². The Bertz CT molecular complexity index is 597. The molecule has 1 aromatic rings. The summed E-state index contributed by atoms with van der Waals surface area (Å²) in [5, 5.41) is 0. The van der Waals surface area contributed by atoms with Gasteiger partial charge in [-0.1, -0.05) is 17.9 Å². The molecule has 0 aliphatic rings. The molecule has 0 radical (unpaired) electrons. The molecule has 0 unspecified atom stereocenters. The van der Waals surface area contributed by atoms with Crippen LogP contribution < -0.4 is 5.73 Å². The first kappa shape index (κ1) is 16.7. The molecule has 0 aliphatic heterocycles. The third kappa shape index (κ3) is 4.33. The molecule has 0 heterocycles. The van der Waals surface area contributed by atoms with Crippen LogP contribution in [0.15, 0.2) is 18.2 Å². The Balaban J connectivity index is 3.00. The molecule has 1 aromatic carbocycles. The quantitative estimate of drug-likeness (QED) is 0.822. The highest BCUT2D eigenvalue weighted by atomic mass is 16.2. The third-order valence-corrected chi connectivity index (χ3v) is 3.11. The molecule has 0 bridgehead atoms. The SMILES string of the molecule is Cc1c(C#CCN)cccc1C(=O)N(C)CC(=O)N(C)C. The molecule has 0 aliphatic carbocycles. The first-order valence-corrected chi connectivity index (χ1v) is 6.62. The molecular weight excluding hydrogens is 266 g/mol. The number of carbonyl (C=O) groups excluding carboxylic acids is 2. The number of rotatable bonds is 3. The lowest BCUT2D eigenvalue weighted by Gasteiger charge is -2.20. The van der Waals surface area contributed by atoms with E-state index in [0.717, 1.165) is 11.1 Å². The largest absolute Gasteiger partial charge is 0.347 e. The Morgan fingerprint density at radius 1 is 1.24 bits per heavy atom. The molecule has 112 valence electrons. The zero-order chi connectivity index (χ0) is 16.0. The Kier molecular flexibility index (Phi) is 5.94. The fraction of sp³-hybridized carbons (Fsp3) is 0.375. The average molecular weight is 287 g/mol. The second kappa shape index (κ2) is 7.46. The maximum absolute atomic E-state index is 12.4. The van der Waals surface area contributed by atoms with E-state index in [1.165, 1.54) is 9.80 Å². The highest BCUT2D eigenvalue weighted by Gasteiger charge is 2.18. The fourth-order valence-electron chi connectivity index (χ4n) is 1.77. The first-order valence-electron chi connectivity index (χ1n) is 6.62. The van der Waals surface area contributed by atoms with Crippen LogP contribution in [0.5, 0.6) is 0 Å². The molecule has 1 rings (SSSR count). The summed E-state index contributed by atoms with van der Waals surface area (Å²) in [5.41, 5.74) is 7.49. The van der Waals surface area contributed by atoms with E-state index in [1.54, 1.807) is 33.3 Å². The lowest BCUT2D eigenvalue weighted by molar-refractivity contribution is -0.129. The van der Waals surface area contributed by atoms with Crippen LogP contribution in [0.1, 0.15) is 21.5 Å². The van der Waals surface area contributed by atoms with Crippen molar-refractivity contribution in [2.45, 2.75) is 6.92 Å². The lowest BCUT2D eigenvalue weighted by Crippen LogP contribution is -2.38. The van der Waals surface area contributed by atoms with Gasteiger partial charge in [0.25, 0.3) is 5.91 Å². The molecule has 0 saturated heterocycles. The number of benzene rings is 1. The van der Waals surface area contributed by atoms with Crippen molar-refractivity contribution in [3.63, 3.8) is 0 Å². The molecule has 21 heavy (non-hydrogen) atoms. The smallest absolute Gasteiger partial charge is 0.254 e. The van der Waals surface area contributed by atoms with Gasteiger partial charge in [-0.3, -0.25) is 9.59 Å². The van der Waals surface area contributed by atoms with Crippen LogP contribution in [-0.2, 0) is 4.79 Å². The van der Waals surface area contributed by atoms with Gasteiger partial charge in [-0.2, -0.15) is 0 Å². The monoisotopic (exact) mass is 287 g/mol. The number of hydrogen-bond acceptors (Lipinski definition) is 3. The van der Waals surface area contributed by atoms with E-state index in [-0.39, 0.29) is 24.9 Å². The van der Waals surface area contributed by atoms with Crippen molar-refractivity contribution < 1.29 is 9.59 Å². The maximum atomic E-state index is 12.4. The van der Waals surface area contributed by atoms with E-state index in [0.29, 0.717) is 5.56 Å². The van der Waals surface area contributed by atoms with E-state index in [2.05, 4.69) is 11.8 Å². The molecule has 0 aromatic heterocycles. The van der Waals surface area contributed by atoms with Gasteiger partial charge >= 0.3 is 0 Å². The van der Waals surface area contributed by atoms with Gasteiger partial charge in [0.15, 0.2) is 0 Å². The summed E-state index contributed by atoms with van der Waals surface area (Å²) in [6.45, 7) is 2.16. The molecule has 0 spiro atoms. The summed E-state index contributed by atoms with van der Waals surface area (Å²) in [6.07, 6.45) is 0. The van der Waals surface area contributed by atoms with E-state index in [9.17, 15) is 9.59 Å². The second-order valence-electron chi connectivity index (χ2n) is 4.93. The number of amides is 2. The van der Waals surface area contributed by atoms with Crippen molar-refractivity contribution in [1.29, 1.82) is 0 Å². The Morgan fingerprint density at radius 2 is 1.90 bits per heavy atom. The van der Waals surface area contributed by atoms with Crippen LogP contribution in [0.4, 0.5) is 0 Å². The molecule has 2 amide bonds. The predicted molar refractivity (Wildman–Crippen MR) is 82.8 cm³/mol. The summed E-state index contributed by atoms with van der Waals surface area (Å²) in [6, 6.07) is 5.37. The van der Waals surface area contributed by atoms with Gasteiger partial charge in [-0.05, 0) is 24.6 Å². The van der Waals surface area contributed by atoms with Gasteiger partial charge in [-0.25, -0.2) is 0 Å². The van der Waals surface area contributed by atoms with Gasteiger partial charge < -0.3 is 15.5 Å². The number of nitrogens with zero attached hydrogens (tertiary/aromatic N) is 2. The molecule has 0 fully saturated rings. The molecule has 5 heteroatoms. The molecule has 0 atom stereocenters. The summed E-state index contributed by atoms with van der Waals surface area (Å²) >= 11 is 0. The number of hydrogen-bond donors (Lipinski definition) is 1. The minimum Gasteiger partial charge on any atom is -0.347 e. The normalized spacial score (nSPS) is 9.57. The molecule has 5 nitrogen and oxygen atoms in total. The van der Waals surface area contributed by atoms with Crippen LogP contribution in [0, 0.1) is 18.8 Å². The van der Waals surface area contributed by atoms with Gasteiger partial charge in [0.05, 0.1) is 13.1 Å². The van der Waals surface area contributed by atoms with E-state index < -0.39 is 0 Å². The van der Waals surface area contributed by atoms with Gasteiger partial charge in [0.1, 0.15) is 0 Å². The Labute approximate surface area is 125 Å². The van der Waals surface area contributed by atoms with E-state index in [1.807, 2.05) is 13.0 Å². The standard InChI is InChI=1S/C16H21N3O2/c1-12-13(8-6-10-17)7-5-9-14(12)16(21)19(4)11-15(20)18(2)3/h5,7,9H,10-11,17H2,1-4H3. The van der Waals surface area contributed by atoms with Crippen molar-refractivity contribution in [2.75, 3.05) is 34.2 Å². The fourth-order valence-corrected chi connectivity index (χ4v) is 1.77. The highest BCUT2D eigenvalue weighted by Crippen LogP contribution is 2.14. The van der Waals surface area contributed by atoms with Gasteiger partial charge in [0.2, 0.25) is 5.91 Å². The topological polar surface area (TPSA) is 66.6 Å². The number of carbonyl (C=O) groups is 2. The van der Waals surface area contributed by atoms with E-state index in [4.69, 9.17) is 5.73 Å². The van der Waals surface area contributed by atoms with Crippen LogP contribution >= 0.6 is 0 Å². The minimum absolute atomic E-state index is 0.0456. The Hall–Kier alpha value is -2.32. The number of likely N-dealkylation sites (N-methyl/N-ethyl adjacent to an activating group) is 2. The van der Waals surface area contributed by atoms with Crippen molar-refractivity contribution in [2.24, 2.45) is 5.73 Å². The van der Waals surface area contributed by atoms with Gasteiger partial charge in [-0.15, -0.1) is 0 Å². The summed E-state index contributed by atoms with van der Waals surface area (Å²) in [4.78, 5) is 27.0. The molecular formula is C16H21N3O2. The van der Waals surface area contributed by atoms with Crippen molar-refractivity contribution in [1.82, 2.24) is 9.80 Å².